The number of nitrogens with one attached hydrogen (secondary N) is 1. The lowest BCUT2D eigenvalue weighted by molar-refractivity contribution is -0.492. The Hall–Kier alpha value is -1.42. The SMILES string of the molecule is CC(NC(=O)OCCCCCON(O)O)C(=O)O. The van der Waals surface area contributed by atoms with Gasteiger partial charge in [-0.15, -0.1) is 0 Å². The first kappa shape index (κ1) is 16.6. The van der Waals surface area contributed by atoms with Crippen LogP contribution < -0.4 is 5.32 Å². The summed E-state index contributed by atoms with van der Waals surface area (Å²) >= 11 is 0. The van der Waals surface area contributed by atoms with Gasteiger partial charge in [-0.3, -0.25) is 20.0 Å². The minimum absolute atomic E-state index is 0.134. The molecule has 1 unspecified atom stereocenters. The Labute approximate surface area is 104 Å². The summed E-state index contributed by atoms with van der Waals surface area (Å²) in [6, 6.07) is -0.994. The van der Waals surface area contributed by atoms with Crippen molar-refractivity contribution in [3.05, 3.63) is 0 Å². The van der Waals surface area contributed by atoms with Crippen LogP contribution in [0.4, 0.5) is 4.79 Å². The Bertz CT molecular complexity index is 259. The quantitative estimate of drug-likeness (QED) is 0.348. The van der Waals surface area contributed by atoms with Crippen LogP contribution in [0.1, 0.15) is 26.2 Å². The number of aliphatic carboxylic acids is 1. The molecule has 9 nitrogen and oxygen atoms in total. The molecular weight excluding hydrogens is 248 g/mol. The fourth-order valence-electron chi connectivity index (χ4n) is 0.972. The highest BCUT2D eigenvalue weighted by molar-refractivity contribution is 5.79. The molecule has 0 radical (unpaired) electrons. The molecule has 0 rings (SSSR count). The number of amides is 1. The van der Waals surface area contributed by atoms with Gasteiger partial charge in [0, 0.05) is 0 Å². The number of carbonyl (C=O) groups is 2. The van der Waals surface area contributed by atoms with E-state index in [4.69, 9.17) is 20.3 Å². The van der Waals surface area contributed by atoms with Crippen molar-refractivity contribution in [2.24, 2.45) is 0 Å². The van der Waals surface area contributed by atoms with E-state index in [1.807, 2.05) is 0 Å². The summed E-state index contributed by atoms with van der Waals surface area (Å²) in [6.45, 7) is 1.62. The molecule has 1 atom stereocenters. The predicted molar refractivity (Wildman–Crippen MR) is 56.8 cm³/mol. The highest BCUT2D eigenvalue weighted by Crippen LogP contribution is 1.97. The third kappa shape index (κ3) is 9.78. The van der Waals surface area contributed by atoms with Crippen LogP contribution in [-0.2, 0) is 14.4 Å². The molecular formula is C9H18N2O7. The van der Waals surface area contributed by atoms with Gasteiger partial charge in [-0.1, -0.05) is 0 Å². The number of hydrogen-bond acceptors (Lipinski definition) is 7. The number of hydrogen-bond donors (Lipinski definition) is 4. The second-order valence-corrected chi connectivity index (χ2v) is 3.49. The summed E-state index contributed by atoms with van der Waals surface area (Å²) in [5, 5.41) is 26.7. The standard InChI is InChI=1S/C9H18N2O7/c1-7(8(12)13)10-9(14)17-5-3-2-4-6-18-11(15)16/h7,15-16H,2-6H2,1H3,(H,10,14)(H,12,13). The summed E-state index contributed by atoms with van der Waals surface area (Å²) in [6.07, 6.45) is 1.01. The Morgan fingerprint density at radius 2 is 1.83 bits per heavy atom. The first-order valence-electron chi connectivity index (χ1n) is 5.40. The van der Waals surface area contributed by atoms with E-state index in [1.54, 1.807) is 0 Å². The van der Waals surface area contributed by atoms with Crippen molar-refractivity contribution >= 4 is 12.1 Å². The van der Waals surface area contributed by atoms with Crippen molar-refractivity contribution < 1.29 is 34.7 Å². The number of carboxylic acid groups (broad SMARTS) is 1. The van der Waals surface area contributed by atoms with Crippen LogP contribution in [0, 0.1) is 0 Å². The van der Waals surface area contributed by atoms with Gasteiger partial charge in [0.25, 0.3) is 0 Å². The van der Waals surface area contributed by atoms with Gasteiger partial charge in [0.15, 0.2) is 0 Å². The molecule has 0 aromatic heterocycles. The molecule has 0 aliphatic carbocycles. The van der Waals surface area contributed by atoms with Crippen molar-refractivity contribution in [1.82, 2.24) is 10.7 Å². The number of carboxylic acids is 1. The zero-order chi connectivity index (χ0) is 14.0. The lowest BCUT2D eigenvalue weighted by Gasteiger charge is -2.10. The van der Waals surface area contributed by atoms with E-state index in [2.05, 4.69) is 10.2 Å². The molecule has 0 heterocycles. The summed E-state index contributed by atoms with van der Waals surface area (Å²) < 4.78 is 4.73. The van der Waals surface area contributed by atoms with Crippen LogP contribution in [0.2, 0.25) is 0 Å². The number of ether oxygens (including phenoxy) is 1. The first-order valence-corrected chi connectivity index (χ1v) is 5.40. The van der Waals surface area contributed by atoms with E-state index in [1.165, 1.54) is 6.92 Å². The minimum Gasteiger partial charge on any atom is -0.480 e. The molecule has 106 valence electrons. The maximum absolute atomic E-state index is 11.0. The lowest BCUT2D eigenvalue weighted by atomic mass is 10.2. The Balaban J connectivity index is 3.38. The molecule has 0 aromatic carbocycles. The average Bonchev–Trinajstić information content (AvgIpc) is 2.27. The first-order chi connectivity index (χ1) is 8.43. The van der Waals surface area contributed by atoms with Crippen molar-refractivity contribution in [3.63, 3.8) is 0 Å². The van der Waals surface area contributed by atoms with Crippen LogP contribution in [0.5, 0.6) is 0 Å². The number of unbranched alkanes of at least 4 members (excludes halogenated alkanes) is 2. The molecule has 9 heteroatoms. The zero-order valence-electron chi connectivity index (χ0n) is 10.0. The van der Waals surface area contributed by atoms with E-state index in [9.17, 15) is 9.59 Å². The number of nitrogens with zero attached hydrogens (tertiary/aromatic N) is 1. The fourth-order valence-corrected chi connectivity index (χ4v) is 0.972. The van der Waals surface area contributed by atoms with Crippen molar-refractivity contribution in [2.45, 2.75) is 32.2 Å². The van der Waals surface area contributed by atoms with Gasteiger partial charge in [-0.2, -0.15) is 0 Å². The van der Waals surface area contributed by atoms with Crippen molar-refractivity contribution in [1.29, 1.82) is 0 Å². The molecule has 0 saturated carbocycles. The van der Waals surface area contributed by atoms with Crippen LogP contribution >= 0.6 is 0 Å². The highest BCUT2D eigenvalue weighted by Gasteiger charge is 2.14. The molecule has 18 heavy (non-hydrogen) atoms. The van der Waals surface area contributed by atoms with E-state index in [-0.39, 0.29) is 18.6 Å². The molecule has 0 saturated heterocycles. The van der Waals surface area contributed by atoms with E-state index in [0.29, 0.717) is 19.3 Å². The maximum atomic E-state index is 11.0. The molecule has 0 fully saturated rings. The number of alkyl carbamates (subject to hydrolysis) is 1. The summed E-state index contributed by atoms with van der Waals surface area (Å²) in [7, 11) is 0. The van der Waals surface area contributed by atoms with Crippen LogP contribution in [0.15, 0.2) is 0 Å². The largest absolute Gasteiger partial charge is 0.480 e. The summed E-state index contributed by atoms with van der Waals surface area (Å²) in [5.74, 6) is -1.14. The second-order valence-electron chi connectivity index (χ2n) is 3.49. The van der Waals surface area contributed by atoms with Crippen molar-refractivity contribution in [3.8, 4) is 0 Å². The molecule has 0 aromatic rings. The number of carbonyl (C=O) groups excluding carboxylic acids is 1. The summed E-state index contributed by atoms with van der Waals surface area (Å²) in [5.41, 5.74) is 0. The molecule has 0 aliphatic rings. The molecule has 0 aliphatic heterocycles. The molecule has 1 amide bonds. The number of rotatable bonds is 9. The van der Waals surface area contributed by atoms with Gasteiger partial charge < -0.3 is 15.2 Å². The van der Waals surface area contributed by atoms with Gasteiger partial charge >= 0.3 is 12.1 Å². The van der Waals surface area contributed by atoms with Gasteiger partial charge in [-0.05, 0) is 26.2 Å². The molecule has 4 N–H and O–H groups in total. The second kappa shape index (κ2) is 9.59. The fraction of sp³-hybridized carbons (Fsp3) is 0.778. The maximum Gasteiger partial charge on any atom is 0.407 e. The van der Waals surface area contributed by atoms with Crippen LogP contribution in [-0.4, -0.2) is 52.2 Å². The van der Waals surface area contributed by atoms with Crippen LogP contribution in [0.3, 0.4) is 0 Å². The lowest BCUT2D eigenvalue weighted by Crippen LogP contribution is -2.38. The van der Waals surface area contributed by atoms with Gasteiger partial charge in [-0.25, -0.2) is 4.79 Å². The third-order valence-corrected chi connectivity index (χ3v) is 1.93. The summed E-state index contributed by atoms with van der Waals surface area (Å²) in [4.78, 5) is 25.8. The Morgan fingerprint density at radius 3 is 2.39 bits per heavy atom. The van der Waals surface area contributed by atoms with E-state index >= 15 is 0 Å². The highest BCUT2D eigenvalue weighted by atomic mass is 17.1. The predicted octanol–water partition coefficient (Wildman–Crippen LogP) is 0.368. The van der Waals surface area contributed by atoms with Crippen LogP contribution in [0.25, 0.3) is 0 Å². The topological polar surface area (TPSA) is 129 Å². The zero-order valence-corrected chi connectivity index (χ0v) is 10.0. The average molecular weight is 266 g/mol. The van der Waals surface area contributed by atoms with Gasteiger partial charge in [0.2, 0.25) is 0 Å². The minimum atomic E-state index is -1.14. The van der Waals surface area contributed by atoms with Gasteiger partial charge in [0.1, 0.15) is 6.04 Å². The Morgan fingerprint density at radius 1 is 1.22 bits per heavy atom. The van der Waals surface area contributed by atoms with Crippen molar-refractivity contribution in [2.75, 3.05) is 13.2 Å². The third-order valence-electron chi connectivity index (χ3n) is 1.93. The smallest absolute Gasteiger partial charge is 0.407 e. The normalized spacial score (nSPS) is 12.2. The molecule has 0 bridgehead atoms. The van der Waals surface area contributed by atoms with E-state index in [0.717, 1.165) is 0 Å². The molecule has 0 spiro atoms. The van der Waals surface area contributed by atoms with Gasteiger partial charge in [0.05, 0.1) is 18.6 Å². The Kier molecular flexibility index (Phi) is 8.84. The van der Waals surface area contributed by atoms with E-state index < -0.39 is 18.1 Å². The monoisotopic (exact) mass is 266 g/mol.